The molecule has 5 heteroatoms. The molecule has 0 aliphatic rings. The monoisotopic (exact) mass is 371 g/mol. The normalized spacial score (nSPS) is 12.0. The molecule has 0 aromatic rings. The molecule has 0 heterocycles. The molecule has 0 saturated heterocycles. The lowest BCUT2D eigenvalue weighted by Gasteiger charge is -2.20. The Morgan fingerprint density at radius 3 is 1.77 bits per heavy atom. The fourth-order valence-corrected chi connectivity index (χ4v) is 2.71. The smallest absolute Gasteiger partial charge is 0.407 e. The Kier molecular flexibility index (Phi) is 16.3. The van der Waals surface area contributed by atoms with Crippen molar-refractivity contribution in [2.75, 3.05) is 13.2 Å². The van der Waals surface area contributed by atoms with Gasteiger partial charge in [-0.25, -0.2) is 9.59 Å². The zero-order chi connectivity index (χ0) is 19.6. The predicted molar refractivity (Wildman–Crippen MR) is 106 cm³/mol. The van der Waals surface area contributed by atoms with Gasteiger partial charge in [0, 0.05) is 0 Å². The minimum atomic E-state index is -0.650. The summed E-state index contributed by atoms with van der Waals surface area (Å²) in [6.45, 7) is 8.70. The molecule has 26 heavy (non-hydrogen) atoms. The van der Waals surface area contributed by atoms with Gasteiger partial charge in [-0.15, -0.1) is 0 Å². The lowest BCUT2D eigenvalue weighted by Crippen LogP contribution is -2.45. The van der Waals surface area contributed by atoms with Crippen LogP contribution in [-0.4, -0.2) is 31.3 Å². The number of ether oxygens (including phenoxy) is 2. The summed E-state index contributed by atoms with van der Waals surface area (Å²) in [4.78, 5) is 23.8. The van der Waals surface area contributed by atoms with E-state index in [2.05, 4.69) is 12.2 Å². The Balaban J connectivity index is 3.75. The van der Waals surface area contributed by atoms with Gasteiger partial charge in [0.25, 0.3) is 0 Å². The Hall–Kier alpha value is -1.26. The number of carbonyl (C=O) groups excluding carboxylic acids is 2. The molecule has 0 bridgehead atoms. The minimum absolute atomic E-state index is 0.0376. The van der Waals surface area contributed by atoms with E-state index in [1.807, 2.05) is 20.8 Å². The molecule has 0 saturated carbocycles. The maximum absolute atomic E-state index is 12.2. The van der Waals surface area contributed by atoms with E-state index >= 15 is 0 Å². The highest BCUT2D eigenvalue weighted by Gasteiger charge is 2.26. The largest absolute Gasteiger partial charge is 0.464 e. The average Bonchev–Trinajstić information content (AvgIpc) is 2.61. The molecule has 0 aliphatic heterocycles. The van der Waals surface area contributed by atoms with Crippen LogP contribution < -0.4 is 5.32 Å². The third-order valence-electron chi connectivity index (χ3n) is 4.37. The summed E-state index contributed by atoms with van der Waals surface area (Å²) in [7, 11) is 0. The second-order valence-corrected chi connectivity index (χ2v) is 7.35. The van der Waals surface area contributed by atoms with Gasteiger partial charge in [0.05, 0.1) is 13.2 Å². The lowest BCUT2D eigenvalue weighted by molar-refractivity contribution is -0.147. The van der Waals surface area contributed by atoms with Gasteiger partial charge in [0.15, 0.2) is 0 Å². The average molecular weight is 372 g/mol. The van der Waals surface area contributed by atoms with Gasteiger partial charge in [0.2, 0.25) is 0 Å². The summed E-state index contributed by atoms with van der Waals surface area (Å²) < 4.78 is 10.3. The Morgan fingerprint density at radius 1 is 0.731 bits per heavy atom. The number of amides is 1. The van der Waals surface area contributed by atoms with Crippen LogP contribution in [0.15, 0.2) is 0 Å². The molecule has 0 aromatic carbocycles. The quantitative estimate of drug-likeness (QED) is 0.283. The summed E-state index contributed by atoms with van der Waals surface area (Å²) in [6, 6.07) is -0.650. The molecule has 1 atom stereocenters. The van der Waals surface area contributed by atoms with E-state index in [-0.39, 0.29) is 11.9 Å². The standard InChI is InChI=1S/C21H41NO4/c1-5-7-8-9-10-11-12-13-14-15-17-25-20(23)19(18(3)4)22-21(24)26-16-6-2/h18-19H,5-17H2,1-4H3,(H,22,24). The molecule has 0 radical (unpaired) electrons. The van der Waals surface area contributed by atoms with E-state index in [9.17, 15) is 9.59 Å². The van der Waals surface area contributed by atoms with Crippen molar-refractivity contribution in [3.05, 3.63) is 0 Å². The highest BCUT2D eigenvalue weighted by molar-refractivity contribution is 5.81. The fraction of sp³-hybridized carbons (Fsp3) is 0.905. The first-order chi connectivity index (χ1) is 12.5. The molecule has 0 rings (SSSR count). The SMILES string of the molecule is CCCCCCCCCCCCOC(=O)C(NC(=O)OCCC)C(C)C. The molecular weight excluding hydrogens is 330 g/mol. The summed E-state index contributed by atoms with van der Waals surface area (Å²) in [5.41, 5.74) is 0. The van der Waals surface area contributed by atoms with E-state index in [1.165, 1.54) is 51.4 Å². The maximum Gasteiger partial charge on any atom is 0.407 e. The number of nitrogens with one attached hydrogen (secondary N) is 1. The van der Waals surface area contributed by atoms with Gasteiger partial charge in [-0.1, -0.05) is 85.5 Å². The summed E-state index contributed by atoms with van der Waals surface area (Å²) in [5.74, 6) is -0.409. The number of unbranched alkanes of at least 4 members (excludes halogenated alkanes) is 9. The van der Waals surface area contributed by atoms with Crippen molar-refractivity contribution in [3.8, 4) is 0 Å². The molecule has 0 fully saturated rings. The first-order valence-electron chi connectivity index (χ1n) is 10.6. The van der Waals surface area contributed by atoms with E-state index in [4.69, 9.17) is 9.47 Å². The van der Waals surface area contributed by atoms with Crippen LogP contribution in [0.4, 0.5) is 4.79 Å². The van der Waals surface area contributed by atoms with Crippen LogP contribution in [0, 0.1) is 5.92 Å². The fourth-order valence-electron chi connectivity index (χ4n) is 2.71. The summed E-state index contributed by atoms with van der Waals surface area (Å²) in [6.07, 6.45) is 12.6. The summed E-state index contributed by atoms with van der Waals surface area (Å²) in [5, 5.41) is 2.61. The molecule has 1 N–H and O–H groups in total. The van der Waals surface area contributed by atoms with Gasteiger partial charge < -0.3 is 14.8 Å². The van der Waals surface area contributed by atoms with Crippen molar-refractivity contribution < 1.29 is 19.1 Å². The van der Waals surface area contributed by atoms with E-state index in [0.29, 0.717) is 13.2 Å². The van der Waals surface area contributed by atoms with Crippen molar-refractivity contribution in [2.24, 2.45) is 5.92 Å². The molecule has 154 valence electrons. The number of esters is 1. The van der Waals surface area contributed by atoms with Crippen molar-refractivity contribution >= 4 is 12.1 Å². The van der Waals surface area contributed by atoms with Crippen LogP contribution in [0.5, 0.6) is 0 Å². The lowest BCUT2D eigenvalue weighted by atomic mass is 10.1. The predicted octanol–water partition coefficient (Wildman–Crippen LogP) is 5.61. The first kappa shape index (κ1) is 24.7. The molecule has 0 aliphatic carbocycles. The topological polar surface area (TPSA) is 64.6 Å². The summed E-state index contributed by atoms with van der Waals surface area (Å²) >= 11 is 0. The van der Waals surface area contributed by atoms with Crippen LogP contribution in [-0.2, 0) is 14.3 Å². The second kappa shape index (κ2) is 17.2. The highest BCUT2D eigenvalue weighted by atomic mass is 16.6. The molecule has 0 aromatic heterocycles. The molecular formula is C21H41NO4. The third-order valence-corrected chi connectivity index (χ3v) is 4.37. The van der Waals surface area contributed by atoms with Crippen LogP contribution in [0.2, 0.25) is 0 Å². The first-order valence-corrected chi connectivity index (χ1v) is 10.6. The van der Waals surface area contributed by atoms with Gasteiger partial charge in [0.1, 0.15) is 6.04 Å². The molecule has 0 spiro atoms. The van der Waals surface area contributed by atoms with Gasteiger partial charge in [-0.3, -0.25) is 0 Å². The Labute approximate surface area is 160 Å². The van der Waals surface area contributed by atoms with E-state index in [0.717, 1.165) is 19.3 Å². The van der Waals surface area contributed by atoms with E-state index < -0.39 is 12.1 Å². The third kappa shape index (κ3) is 14.0. The number of hydrogen-bond acceptors (Lipinski definition) is 4. The van der Waals surface area contributed by atoms with Crippen LogP contribution in [0.1, 0.15) is 98.3 Å². The number of hydrogen-bond donors (Lipinski definition) is 1. The van der Waals surface area contributed by atoms with Crippen molar-refractivity contribution in [3.63, 3.8) is 0 Å². The number of rotatable bonds is 16. The number of carbonyl (C=O) groups is 2. The Morgan fingerprint density at radius 2 is 1.27 bits per heavy atom. The number of alkyl carbamates (subject to hydrolysis) is 1. The zero-order valence-corrected chi connectivity index (χ0v) is 17.5. The van der Waals surface area contributed by atoms with E-state index in [1.54, 1.807) is 0 Å². The van der Waals surface area contributed by atoms with Gasteiger partial charge >= 0.3 is 12.1 Å². The van der Waals surface area contributed by atoms with Crippen molar-refractivity contribution in [2.45, 2.75) is 104 Å². The highest BCUT2D eigenvalue weighted by Crippen LogP contribution is 2.11. The minimum Gasteiger partial charge on any atom is -0.464 e. The van der Waals surface area contributed by atoms with Crippen LogP contribution in [0.3, 0.4) is 0 Å². The molecule has 1 unspecified atom stereocenters. The zero-order valence-electron chi connectivity index (χ0n) is 17.5. The van der Waals surface area contributed by atoms with Gasteiger partial charge in [-0.05, 0) is 18.8 Å². The maximum atomic E-state index is 12.2. The van der Waals surface area contributed by atoms with Crippen molar-refractivity contribution in [1.82, 2.24) is 5.32 Å². The Bertz CT molecular complexity index is 358. The second-order valence-electron chi connectivity index (χ2n) is 7.35. The van der Waals surface area contributed by atoms with Crippen molar-refractivity contribution in [1.29, 1.82) is 0 Å². The molecule has 1 amide bonds. The van der Waals surface area contributed by atoms with Crippen LogP contribution in [0.25, 0.3) is 0 Å². The van der Waals surface area contributed by atoms with Crippen LogP contribution >= 0.6 is 0 Å². The van der Waals surface area contributed by atoms with Gasteiger partial charge in [-0.2, -0.15) is 0 Å². The molecule has 5 nitrogen and oxygen atoms in total.